The second-order valence-electron chi connectivity index (χ2n) is 9.47. The van der Waals surface area contributed by atoms with Crippen molar-refractivity contribution in [2.24, 2.45) is 0 Å². The molecule has 0 spiro atoms. The van der Waals surface area contributed by atoms with Crippen LogP contribution in [0.1, 0.15) is 49.9 Å². The molecule has 160 valence electrons. The van der Waals surface area contributed by atoms with E-state index >= 15 is 0 Å². The first kappa shape index (κ1) is 22.1. The van der Waals surface area contributed by atoms with Crippen molar-refractivity contribution in [1.82, 2.24) is 0 Å². The normalized spacial score (nSPS) is 16.4. The third kappa shape index (κ3) is 4.28. The maximum atomic E-state index is 2.35. The molecule has 0 nitrogen and oxygen atoms in total. The van der Waals surface area contributed by atoms with Crippen molar-refractivity contribution in [3.8, 4) is 0 Å². The Hall–Kier alpha value is -1.66. The minimum absolute atomic E-state index is 0.00339. The molecule has 8 bridgehead atoms. The zero-order valence-electron chi connectivity index (χ0n) is 19.0. The van der Waals surface area contributed by atoms with Gasteiger partial charge in [-0.2, -0.15) is 0 Å². The molecule has 32 heavy (non-hydrogen) atoms. The lowest BCUT2D eigenvalue weighted by molar-refractivity contribution is -0.597. The fourth-order valence-electron chi connectivity index (χ4n) is 4.30. The van der Waals surface area contributed by atoms with E-state index in [9.17, 15) is 0 Å². The molecule has 2 heteroatoms. The van der Waals surface area contributed by atoms with Crippen LogP contribution < -0.4 is 42.4 Å². The van der Waals surface area contributed by atoms with E-state index < -0.39 is 0 Å². The van der Waals surface area contributed by atoms with Crippen molar-refractivity contribution < 1.29 is 42.4 Å². The van der Waals surface area contributed by atoms with Crippen LogP contribution in [0, 0.1) is 14.3 Å². The molecule has 0 unspecified atom stereocenters. The van der Waals surface area contributed by atoms with E-state index in [4.69, 9.17) is 0 Å². The molecule has 7 aliphatic rings. The van der Waals surface area contributed by atoms with Crippen LogP contribution in [0.2, 0.25) is 0 Å². The molecule has 0 aliphatic carbocycles. The second-order valence-corrected chi connectivity index (χ2v) is 15.5. The lowest BCUT2D eigenvalue weighted by atomic mass is 9.78. The molecule has 0 aromatic heterocycles. The fraction of sp³-hybridized carbons (Fsp3) is 0.200. The molecule has 0 fully saturated rings. The Morgan fingerprint density at radius 1 is 0.344 bits per heavy atom. The van der Waals surface area contributed by atoms with Crippen molar-refractivity contribution in [1.29, 1.82) is 0 Å². The van der Waals surface area contributed by atoms with Gasteiger partial charge in [0.05, 0.1) is 0 Å². The molecule has 7 heterocycles. The highest BCUT2D eigenvalue weighted by Crippen LogP contribution is 2.32. The topological polar surface area (TPSA) is 0 Å². The van der Waals surface area contributed by atoms with Crippen LogP contribution in [0.3, 0.4) is 0 Å². The summed E-state index contributed by atoms with van der Waals surface area (Å²) in [5.74, 6) is 0. The Morgan fingerprint density at radius 2 is 0.531 bits per heavy atom. The van der Waals surface area contributed by atoms with Crippen LogP contribution in [-0.2, 0) is 10.8 Å². The van der Waals surface area contributed by atoms with Gasteiger partial charge in [0.1, 0.15) is 0 Å². The molecule has 0 atom stereocenters. The zero-order chi connectivity index (χ0) is 22.3. The van der Waals surface area contributed by atoms with E-state index in [-0.39, 0.29) is 53.2 Å². The molecule has 0 amide bonds. The van der Waals surface area contributed by atoms with Gasteiger partial charge < -0.3 is 0 Å². The van der Waals surface area contributed by atoms with Gasteiger partial charge in [-0.1, -0.05) is 76.2 Å². The molecular weight excluding hydrogens is 614 g/mol. The van der Waals surface area contributed by atoms with E-state index in [1.165, 1.54) is 36.5 Å². The SMILES string of the molecule is CC1(C)c2ccc(cc2)[I+]c2ccc(cc2)C(C)(C)c2ccc(cc2)[I+]c2ccc1cc2. The summed E-state index contributed by atoms with van der Waals surface area (Å²) >= 11 is -0.348. The predicted molar refractivity (Wildman–Crippen MR) is 125 cm³/mol. The van der Waals surface area contributed by atoms with Crippen molar-refractivity contribution in [3.63, 3.8) is 0 Å². The van der Waals surface area contributed by atoms with E-state index in [2.05, 4.69) is 125 Å². The van der Waals surface area contributed by atoms with Gasteiger partial charge in [0.2, 0.25) is 0 Å². The van der Waals surface area contributed by atoms with Crippen LogP contribution in [0.15, 0.2) is 97.1 Å². The van der Waals surface area contributed by atoms with Gasteiger partial charge in [0.15, 0.2) is 14.3 Å². The summed E-state index contributed by atoms with van der Waals surface area (Å²) in [7, 11) is 0. The third-order valence-corrected chi connectivity index (χ3v) is 12.1. The zero-order valence-corrected chi connectivity index (χ0v) is 23.3. The van der Waals surface area contributed by atoms with Gasteiger partial charge in [-0.25, -0.2) is 0 Å². The van der Waals surface area contributed by atoms with E-state index in [1.807, 2.05) is 0 Å². The summed E-state index contributed by atoms with van der Waals surface area (Å²) in [4.78, 5) is 0. The number of hydrogen-bond acceptors (Lipinski definition) is 0. The Bertz CT molecular complexity index is 1020. The van der Waals surface area contributed by atoms with Gasteiger partial charge >= 0.3 is 42.4 Å². The fourth-order valence-corrected chi connectivity index (χ4v) is 8.62. The van der Waals surface area contributed by atoms with Crippen molar-refractivity contribution >= 4 is 0 Å². The molecule has 0 saturated heterocycles. The van der Waals surface area contributed by atoms with Gasteiger partial charge in [0.25, 0.3) is 0 Å². The minimum atomic E-state index is -0.174. The standard InChI is InChI=1S/C30H28I2/c1-29(2)21-5-13-25(14-6-21)31-27-17-9-23(10-18-27)30(3,4)24-11-19-28(20-12-24)32-26-15-7-22(29)8-16-26/h5-20H,1-4H3/q+2. The Kier molecular flexibility index (Phi) is 5.95. The molecular formula is C30H28I2+2. The Balaban J connectivity index is 1.60. The minimum Gasteiger partial charge on any atom is -0.0536 e. The largest absolute Gasteiger partial charge is 0.357 e. The average molecular weight is 642 g/mol. The molecule has 4 aromatic carbocycles. The van der Waals surface area contributed by atoms with Crippen molar-refractivity contribution in [3.05, 3.63) is 134 Å². The summed E-state index contributed by atoms with van der Waals surface area (Å²) in [6.07, 6.45) is 0. The Morgan fingerprint density at radius 3 is 0.719 bits per heavy atom. The number of hydrogen-bond donors (Lipinski definition) is 0. The van der Waals surface area contributed by atoms with E-state index in [0.29, 0.717) is 0 Å². The summed E-state index contributed by atoms with van der Waals surface area (Å²) in [5, 5.41) is 0. The summed E-state index contributed by atoms with van der Waals surface area (Å²) in [5.41, 5.74) is 5.54. The monoisotopic (exact) mass is 642 g/mol. The summed E-state index contributed by atoms with van der Waals surface area (Å²) in [6, 6.07) is 37.5. The molecule has 11 rings (SSSR count). The van der Waals surface area contributed by atoms with Crippen LogP contribution in [0.5, 0.6) is 0 Å². The smallest absolute Gasteiger partial charge is 0.0536 e. The predicted octanol–water partition coefficient (Wildman–Crippen LogP) is 0.909. The van der Waals surface area contributed by atoms with Gasteiger partial charge in [-0.05, 0) is 70.8 Å². The maximum Gasteiger partial charge on any atom is 0.357 e. The van der Waals surface area contributed by atoms with E-state index in [0.717, 1.165) is 0 Å². The van der Waals surface area contributed by atoms with E-state index in [1.54, 1.807) is 0 Å². The van der Waals surface area contributed by atoms with Crippen LogP contribution >= 0.6 is 0 Å². The molecule has 0 N–H and O–H groups in total. The highest BCUT2D eigenvalue weighted by molar-refractivity contribution is 5.38. The van der Waals surface area contributed by atoms with Crippen LogP contribution in [0.25, 0.3) is 0 Å². The highest BCUT2D eigenvalue weighted by atomic mass is 127. The second kappa shape index (κ2) is 8.60. The van der Waals surface area contributed by atoms with Gasteiger partial charge in [0, 0.05) is 10.8 Å². The van der Waals surface area contributed by atoms with Gasteiger partial charge in [-0.3, -0.25) is 0 Å². The maximum absolute atomic E-state index is 2.35. The third-order valence-electron chi connectivity index (χ3n) is 6.70. The van der Waals surface area contributed by atoms with Crippen LogP contribution in [-0.4, -0.2) is 0 Å². The van der Waals surface area contributed by atoms with Gasteiger partial charge in [-0.15, -0.1) is 0 Å². The molecule has 0 radical (unpaired) electrons. The molecule has 0 saturated carbocycles. The first-order valence-electron chi connectivity index (χ1n) is 11.0. The van der Waals surface area contributed by atoms with Crippen molar-refractivity contribution in [2.75, 3.05) is 0 Å². The first-order valence-corrected chi connectivity index (χ1v) is 15.4. The first-order chi connectivity index (χ1) is 15.3. The van der Waals surface area contributed by atoms with Crippen molar-refractivity contribution in [2.45, 2.75) is 38.5 Å². The summed E-state index contributed by atoms with van der Waals surface area (Å²) in [6.45, 7) is 9.36. The lowest BCUT2D eigenvalue weighted by Gasteiger charge is -2.26. The lowest BCUT2D eigenvalue weighted by Crippen LogP contribution is -3.61. The summed E-state index contributed by atoms with van der Waals surface area (Å²) < 4.78 is 5.89. The highest BCUT2D eigenvalue weighted by Gasteiger charge is 2.28. The number of rotatable bonds is 0. The number of benzene rings is 4. The molecule has 7 aliphatic heterocycles. The number of halogens is 2. The average Bonchev–Trinajstić information content (AvgIpc) is 2.80. The Labute approximate surface area is 213 Å². The van der Waals surface area contributed by atoms with Crippen LogP contribution in [0.4, 0.5) is 0 Å². The quantitative estimate of drug-likeness (QED) is 0.251. The molecule has 4 aromatic rings.